The van der Waals surface area contributed by atoms with Crippen LogP contribution in [0.3, 0.4) is 0 Å². The highest BCUT2D eigenvalue weighted by Crippen LogP contribution is 2.33. The lowest BCUT2D eigenvalue weighted by Gasteiger charge is -2.41. The van der Waals surface area contributed by atoms with Gasteiger partial charge in [0.15, 0.2) is 6.10 Å². The van der Waals surface area contributed by atoms with Crippen molar-refractivity contribution in [3.05, 3.63) is 29.8 Å². The smallest absolute Gasteiger partial charge is 0.335 e. The van der Waals surface area contributed by atoms with Crippen molar-refractivity contribution in [2.24, 2.45) is 0 Å². The lowest BCUT2D eigenvalue weighted by atomic mass is 9.96. The molecule has 114 valence electrons. The van der Waals surface area contributed by atoms with Crippen molar-refractivity contribution >= 4 is 23.6 Å². The van der Waals surface area contributed by atoms with Gasteiger partial charge in [0.05, 0.1) is 6.04 Å². The van der Waals surface area contributed by atoms with E-state index in [1.807, 2.05) is 44.4 Å². The largest absolute Gasteiger partial charge is 0.479 e. The van der Waals surface area contributed by atoms with Gasteiger partial charge in [0, 0.05) is 10.9 Å². The SMILES string of the molecule is CSc1ccc(C2C(C(=O)O)OCC(=O)N2C(C)C)cc1. The molecule has 0 aromatic heterocycles. The molecular weight excluding hydrogens is 290 g/mol. The van der Waals surface area contributed by atoms with Crippen LogP contribution in [-0.4, -0.2) is 46.9 Å². The van der Waals surface area contributed by atoms with Gasteiger partial charge >= 0.3 is 5.97 Å². The number of morpholine rings is 1. The molecule has 1 amide bonds. The van der Waals surface area contributed by atoms with E-state index in [4.69, 9.17) is 4.74 Å². The Bertz CT molecular complexity index is 529. The number of carboxylic acids is 1. The highest BCUT2D eigenvalue weighted by molar-refractivity contribution is 7.98. The number of nitrogens with zero attached hydrogens (tertiary/aromatic N) is 1. The predicted molar refractivity (Wildman–Crippen MR) is 80.3 cm³/mol. The second-order valence-corrected chi connectivity index (χ2v) is 6.06. The van der Waals surface area contributed by atoms with Gasteiger partial charge < -0.3 is 14.7 Å². The quantitative estimate of drug-likeness (QED) is 0.863. The normalized spacial score (nSPS) is 22.7. The van der Waals surface area contributed by atoms with E-state index in [1.165, 1.54) is 0 Å². The van der Waals surface area contributed by atoms with Crippen LogP contribution < -0.4 is 0 Å². The summed E-state index contributed by atoms with van der Waals surface area (Å²) in [5, 5.41) is 9.39. The maximum absolute atomic E-state index is 12.1. The highest BCUT2D eigenvalue weighted by Gasteiger charge is 2.42. The number of carbonyl (C=O) groups excluding carboxylic acids is 1. The number of carboxylic acid groups (broad SMARTS) is 1. The second kappa shape index (κ2) is 6.49. The van der Waals surface area contributed by atoms with Gasteiger partial charge in [0.2, 0.25) is 5.91 Å². The first-order chi connectivity index (χ1) is 9.95. The lowest BCUT2D eigenvalue weighted by Crippen LogP contribution is -2.54. The first kappa shape index (κ1) is 15.9. The molecule has 6 heteroatoms. The fourth-order valence-electron chi connectivity index (χ4n) is 2.58. The molecule has 2 atom stereocenters. The van der Waals surface area contributed by atoms with Gasteiger partial charge in [-0.3, -0.25) is 4.79 Å². The Balaban J connectivity index is 2.43. The number of ether oxygens (including phenoxy) is 1. The Morgan fingerprint density at radius 1 is 1.38 bits per heavy atom. The number of hydrogen-bond donors (Lipinski definition) is 1. The number of carbonyl (C=O) groups is 2. The lowest BCUT2D eigenvalue weighted by molar-refractivity contribution is -0.175. The predicted octanol–water partition coefficient (Wildman–Crippen LogP) is 2.17. The van der Waals surface area contributed by atoms with Gasteiger partial charge in [-0.05, 0) is 37.8 Å². The maximum atomic E-state index is 12.1. The third-order valence-electron chi connectivity index (χ3n) is 3.52. The molecule has 1 aromatic carbocycles. The van der Waals surface area contributed by atoms with Gasteiger partial charge in [0.25, 0.3) is 0 Å². The minimum Gasteiger partial charge on any atom is -0.479 e. The third-order valence-corrected chi connectivity index (χ3v) is 4.26. The molecule has 1 N–H and O–H groups in total. The average Bonchev–Trinajstić information content (AvgIpc) is 2.46. The molecule has 2 unspecified atom stereocenters. The van der Waals surface area contributed by atoms with Crippen LogP contribution in [0.5, 0.6) is 0 Å². The Morgan fingerprint density at radius 2 is 2.00 bits per heavy atom. The molecule has 5 nitrogen and oxygen atoms in total. The Hall–Kier alpha value is -1.53. The van der Waals surface area contributed by atoms with Gasteiger partial charge in [-0.15, -0.1) is 11.8 Å². The molecule has 1 heterocycles. The Kier molecular flexibility index (Phi) is 4.90. The van der Waals surface area contributed by atoms with Crippen molar-refractivity contribution in [3.63, 3.8) is 0 Å². The summed E-state index contributed by atoms with van der Waals surface area (Å²) in [6, 6.07) is 6.90. The van der Waals surface area contributed by atoms with E-state index < -0.39 is 18.1 Å². The van der Waals surface area contributed by atoms with Gasteiger partial charge in [-0.25, -0.2) is 4.79 Å². The minimum atomic E-state index is -1.05. The first-order valence-corrected chi connectivity index (χ1v) is 7.97. The van der Waals surface area contributed by atoms with Crippen LogP contribution in [0.15, 0.2) is 29.2 Å². The third kappa shape index (κ3) is 3.22. The number of amides is 1. The van der Waals surface area contributed by atoms with E-state index in [0.717, 1.165) is 10.5 Å². The molecule has 21 heavy (non-hydrogen) atoms. The molecule has 1 aromatic rings. The van der Waals surface area contributed by atoms with Crippen LogP contribution in [0.25, 0.3) is 0 Å². The highest BCUT2D eigenvalue weighted by atomic mass is 32.2. The molecule has 0 bridgehead atoms. The molecule has 2 rings (SSSR count). The first-order valence-electron chi connectivity index (χ1n) is 6.75. The molecular formula is C15H19NO4S. The molecule has 1 aliphatic heterocycles. The van der Waals surface area contributed by atoms with E-state index in [9.17, 15) is 14.7 Å². The number of hydrogen-bond acceptors (Lipinski definition) is 4. The van der Waals surface area contributed by atoms with Crippen molar-refractivity contribution in [1.29, 1.82) is 0 Å². The van der Waals surface area contributed by atoms with Crippen molar-refractivity contribution in [2.75, 3.05) is 12.9 Å². The molecule has 0 radical (unpaired) electrons. The zero-order chi connectivity index (χ0) is 15.6. The van der Waals surface area contributed by atoms with Crippen molar-refractivity contribution in [2.45, 2.75) is 36.9 Å². The summed E-state index contributed by atoms with van der Waals surface area (Å²) >= 11 is 1.61. The van der Waals surface area contributed by atoms with Crippen LogP contribution in [0.1, 0.15) is 25.5 Å². The number of thioether (sulfide) groups is 1. The zero-order valence-corrected chi connectivity index (χ0v) is 13.1. The average molecular weight is 309 g/mol. The molecule has 1 saturated heterocycles. The topological polar surface area (TPSA) is 66.8 Å². The molecule has 0 spiro atoms. The fourth-order valence-corrected chi connectivity index (χ4v) is 2.99. The van der Waals surface area contributed by atoms with Crippen molar-refractivity contribution < 1.29 is 19.4 Å². The number of aliphatic carboxylic acids is 1. The molecule has 1 aliphatic rings. The summed E-state index contributed by atoms with van der Waals surface area (Å²) < 4.78 is 5.26. The molecule has 0 aliphatic carbocycles. The van der Waals surface area contributed by atoms with Crippen LogP contribution >= 0.6 is 11.8 Å². The summed E-state index contributed by atoms with van der Waals surface area (Å²) in [4.78, 5) is 26.3. The zero-order valence-electron chi connectivity index (χ0n) is 12.3. The summed E-state index contributed by atoms with van der Waals surface area (Å²) in [5.74, 6) is -1.23. The van der Waals surface area contributed by atoms with Crippen molar-refractivity contribution in [1.82, 2.24) is 4.90 Å². The van der Waals surface area contributed by atoms with Crippen LogP contribution in [0.2, 0.25) is 0 Å². The van der Waals surface area contributed by atoms with E-state index in [-0.39, 0.29) is 18.6 Å². The van der Waals surface area contributed by atoms with E-state index in [1.54, 1.807) is 16.7 Å². The van der Waals surface area contributed by atoms with Crippen molar-refractivity contribution in [3.8, 4) is 0 Å². The second-order valence-electron chi connectivity index (χ2n) is 5.18. The van der Waals surface area contributed by atoms with E-state index >= 15 is 0 Å². The standard InChI is InChI=1S/C15H19NO4S/c1-9(2)16-12(17)8-20-14(15(18)19)13(16)10-4-6-11(21-3)7-5-10/h4-7,9,13-14H,8H2,1-3H3,(H,18,19). The van der Waals surface area contributed by atoms with Crippen LogP contribution in [0.4, 0.5) is 0 Å². The van der Waals surface area contributed by atoms with Gasteiger partial charge in [0.1, 0.15) is 6.61 Å². The summed E-state index contributed by atoms with van der Waals surface area (Å²) in [6.45, 7) is 3.57. The molecule has 1 fully saturated rings. The monoisotopic (exact) mass is 309 g/mol. The Labute approximate surface area is 128 Å². The summed E-state index contributed by atoms with van der Waals surface area (Å²) in [6.07, 6.45) is 0.938. The van der Waals surface area contributed by atoms with E-state index in [0.29, 0.717) is 0 Å². The summed E-state index contributed by atoms with van der Waals surface area (Å²) in [5.41, 5.74) is 0.780. The maximum Gasteiger partial charge on any atom is 0.335 e. The molecule has 0 saturated carbocycles. The van der Waals surface area contributed by atoms with Crippen LogP contribution in [0, 0.1) is 0 Å². The van der Waals surface area contributed by atoms with Gasteiger partial charge in [-0.1, -0.05) is 12.1 Å². The summed E-state index contributed by atoms with van der Waals surface area (Å²) in [7, 11) is 0. The Morgan fingerprint density at radius 3 is 2.48 bits per heavy atom. The van der Waals surface area contributed by atoms with E-state index in [2.05, 4.69) is 0 Å². The number of benzene rings is 1. The fraction of sp³-hybridized carbons (Fsp3) is 0.467. The minimum absolute atomic E-state index is 0.0894. The number of rotatable bonds is 4. The van der Waals surface area contributed by atoms with Gasteiger partial charge in [-0.2, -0.15) is 0 Å². The van der Waals surface area contributed by atoms with Crippen LogP contribution in [-0.2, 0) is 14.3 Å².